The number of esters is 1. The summed E-state index contributed by atoms with van der Waals surface area (Å²) in [6, 6.07) is 3.95. The molecule has 1 heterocycles. The average molecular weight is 302 g/mol. The second kappa shape index (κ2) is 4.82. The van der Waals surface area contributed by atoms with Crippen LogP contribution in [0.4, 0.5) is 0 Å². The van der Waals surface area contributed by atoms with Gasteiger partial charge >= 0.3 is 5.97 Å². The summed E-state index contributed by atoms with van der Waals surface area (Å²) in [5.74, 6) is 0.281. The fourth-order valence-corrected chi connectivity index (χ4v) is 2.03. The topological polar surface area (TPSA) is 51.5 Å². The summed E-state index contributed by atoms with van der Waals surface area (Å²) >= 11 is 3.25. The Morgan fingerprint density at radius 3 is 2.82 bits per heavy atom. The third-order valence-electron chi connectivity index (χ3n) is 2.82. The van der Waals surface area contributed by atoms with Crippen LogP contribution in [0, 0.1) is 0 Å². The number of carbonyl (C=O) groups is 1. The molecule has 0 radical (unpaired) electrons. The Balaban J connectivity index is 2.24. The predicted octanol–water partition coefficient (Wildman–Crippen LogP) is 2.57. The van der Waals surface area contributed by atoms with E-state index in [2.05, 4.69) is 21.2 Å². The van der Waals surface area contributed by atoms with Crippen molar-refractivity contribution in [2.75, 3.05) is 6.61 Å². The van der Waals surface area contributed by atoms with Gasteiger partial charge in [-0.3, -0.25) is 5.32 Å². The molecule has 1 aromatic heterocycles. The Kier molecular flexibility index (Phi) is 3.58. The maximum absolute atomic E-state index is 12.1. The van der Waals surface area contributed by atoms with Crippen molar-refractivity contribution in [3.63, 3.8) is 0 Å². The minimum Gasteiger partial charge on any atom is -0.464 e. The molecule has 0 aromatic carbocycles. The molecular formula is C12H16BrNO3. The van der Waals surface area contributed by atoms with Gasteiger partial charge in [0.05, 0.1) is 6.61 Å². The van der Waals surface area contributed by atoms with Crippen molar-refractivity contribution in [2.45, 2.75) is 38.3 Å². The molecule has 4 nitrogen and oxygen atoms in total. The molecule has 1 aromatic rings. The van der Waals surface area contributed by atoms with E-state index in [4.69, 9.17) is 9.15 Å². The molecule has 5 heteroatoms. The van der Waals surface area contributed by atoms with Crippen molar-refractivity contribution in [3.05, 3.63) is 22.6 Å². The Labute approximate surface area is 109 Å². The Morgan fingerprint density at radius 2 is 2.35 bits per heavy atom. The molecule has 1 aliphatic rings. The monoisotopic (exact) mass is 301 g/mol. The van der Waals surface area contributed by atoms with Gasteiger partial charge in [-0.1, -0.05) is 0 Å². The van der Waals surface area contributed by atoms with Gasteiger partial charge in [0.2, 0.25) is 0 Å². The van der Waals surface area contributed by atoms with Gasteiger partial charge in [0.1, 0.15) is 5.76 Å². The van der Waals surface area contributed by atoms with Crippen molar-refractivity contribution >= 4 is 21.9 Å². The number of ether oxygens (including phenoxy) is 1. The first kappa shape index (κ1) is 12.6. The smallest absolute Gasteiger partial charge is 0.334 e. The molecule has 1 N–H and O–H groups in total. The standard InChI is InChI=1S/C12H16BrNO3/c1-3-16-11(15)12(2,14-8-4-5-8)9-6-7-10(13)17-9/h6-8,14H,3-5H2,1-2H3. The second-order valence-electron chi connectivity index (χ2n) is 4.37. The zero-order valence-electron chi connectivity index (χ0n) is 9.96. The van der Waals surface area contributed by atoms with E-state index in [9.17, 15) is 4.79 Å². The van der Waals surface area contributed by atoms with Gasteiger partial charge in [-0.15, -0.1) is 0 Å². The van der Waals surface area contributed by atoms with E-state index in [1.54, 1.807) is 26.0 Å². The molecule has 2 rings (SSSR count). The molecular weight excluding hydrogens is 286 g/mol. The molecule has 94 valence electrons. The summed E-state index contributed by atoms with van der Waals surface area (Å²) in [6.07, 6.45) is 2.19. The lowest BCUT2D eigenvalue weighted by molar-refractivity contribution is -0.151. The third-order valence-corrected chi connectivity index (χ3v) is 3.25. The molecule has 1 fully saturated rings. The molecule has 1 unspecified atom stereocenters. The SMILES string of the molecule is CCOC(=O)C(C)(NC1CC1)c1ccc(Br)o1. The summed E-state index contributed by atoms with van der Waals surface area (Å²) in [6.45, 7) is 3.96. The molecule has 0 bridgehead atoms. The molecule has 0 saturated heterocycles. The van der Waals surface area contributed by atoms with Crippen LogP contribution in [0.1, 0.15) is 32.4 Å². The van der Waals surface area contributed by atoms with E-state index in [-0.39, 0.29) is 5.97 Å². The highest BCUT2D eigenvalue weighted by atomic mass is 79.9. The first-order chi connectivity index (χ1) is 8.06. The normalized spacial score (nSPS) is 18.8. The van der Waals surface area contributed by atoms with E-state index < -0.39 is 5.54 Å². The van der Waals surface area contributed by atoms with Crippen molar-refractivity contribution in [3.8, 4) is 0 Å². The van der Waals surface area contributed by atoms with Gasteiger partial charge in [0, 0.05) is 6.04 Å². The predicted molar refractivity (Wildman–Crippen MR) is 66.6 cm³/mol. The van der Waals surface area contributed by atoms with Crippen LogP contribution < -0.4 is 5.32 Å². The number of hydrogen-bond acceptors (Lipinski definition) is 4. The quantitative estimate of drug-likeness (QED) is 0.849. The maximum atomic E-state index is 12.1. The van der Waals surface area contributed by atoms with Crippen LogP contribution in [-0.4, -0.2) is 18.6 Å². The summed E-state index contributed by atoms with van der Waals surface area (Å²) in [7, 11) is 0. The summed E-state index contributed by atoms with van der Waals surface area (Å²) in [5, 5.41) is 3.29. The largest absolute Gasteiger partial charge is 0.464 e. The fourth-order valence-electron chi connectivity index (χ4n) is 1.73. The number of nitrogens with one attached hydrogen (secondary N) is 1. The summed E-state index contributed by atoms with van der Waals surface area (Å²) < 4.78 is 11.2. The highest BCUT2D eigenvalue weighted by Crippen LogP contribution is 2.31. The van der Waals surface area contributed by atoms with E-state index in [0.717, 1.165) is 12.8 Å². The first-order valence-electron chi connectivity index (χ1n) is 5.77. The summed E-state index contributed by atoms with van der Waals surface area (Å²) in [4.78, 5) is 12.1. The lowest BCUT2D eigenvalue weighted by Crippen LogP contribution is -2.48. The van der Waals surface area contributed by atoms with Gasteiger partial charge in [-0.05, 0) is 54.8 Å². The molecule has 1 aliphatic carbocycles. The van der Waals surface area contributed by atoms with E-state index in [1.165, 1.54) is 0 Å². The number of carbonyl (C=O) groups excluding carboxylic acids is 1. The number of halogens is 1. The molecule has 0 amide bonds. The van der Waals surface area contributed by atoms with Gasteiger partial charge in [-0.25, -0.2) is 4.79 Å². The average Bonchev–Trinajstić information content (AvgIpc) is 2.98. The number of furan rings is 1. The lowest BCUT2D eigenvalue weighted by atomic mass is 9.99. The van der Waals surface area contributed by atoms with E-state index in [0.29, 0.717) is 23.1 Å². The number of rotatable bonds is 5. The van der Waals surface area contributed by atoms with Crippen LogP contribution >= 0.6 is 15.9 Å². The Morgan fingerprint density at radius 1 is 1.65 bits per heavy atom. The van der Waals surface area contributed by atoms with Gasteiger partial charge in [-0.2, -0.15) is 0 Å². The molecule has 1 saturated carbocycles. The van der Waals surface area contributed by atoms with E-state index in [1.807, 2.05) is 0 Å². The van der Waals surface area contributed by atoms with Gasteiger partial charge in [0.15, 0.2) is 10.2 Å². The van der Waals surface area contributed by atoms with Gasteiger partial charge < -0.3 is 9.15 Å². The molecule has 0 spiro atoms. The highest BCUT2D eigenvalue weighted by molar-refractivity contribution is 9.10. The third kappa shape index (κ3) is 2.72. The van der Waals surface area contributed by atoms with Crippen LogP contribution in [0.25, 0.3) is 0 Å². The zero-order chi connectivity index (χ0) is 12.5. The van der Waals surface area contributed by atoms with Crippen LogP contribution in [0.5, 0.6) is 0 Å². The minimum atomic E-state index is -0.900. The summed E-state index contributed by atoms with van der Waals surface area (Å²) in [5.41, 5.74) is -0.900. The van der Waals surface area contributed by atoms with Crippen LogP contribution in [0.15, 0.2) is 21.2 Å². The molecule has 0 aliphatic heterocycles. The van der Waals surface area contributed by atoms with Crippen molar-refractivity contribution < 1.29 is 13.9 Å². The second-order valence-corrected chi connectivity index (χ2v) is 5.15. The first-order valence-corrected chi connectivity index (χ1v) is 6.56. The minimum absolute atomic E-state index is 0.297. The molecule has 1 atom stereocenters. The van der Waals surface area contributed by atoms with Crippen LogP contribution in [0.2, 0.25) is 0 Å². The maximum Gasteiger partial charge on any atom is 0.334 e. The Hall–Kier alpha value is -0.810. The Bertz CT molecular complexity index is 414. The van der Waals surface area contributed by atoms with Crippen molar-refractivity contribution in [1.29, 1.82) is 0 Å². The molecule has 17 heavy (non-hydrogen) atoms. The van der Waals surface area contributed by atoms with Crippen LogP contribution in [-0.2, 0) is 15.1 Å². The highest BCUT2D eigenvalue weighted by Gasteiger charge is 2.43. The zero-order valence-corrected chi connectivity index (χ0v) is 11.5. The van der Waals surface area contributed by atoms with Crippen molar-refractivity contribution in [1.82, 2.24) is 5.32 Å². The number of hydrogen-bond donors (Lipinski definition) is 1. The van der Waals surface area contributed by atoms with E-state index >= 15 is 0 Å². The van der Waals surface area contributed by atoms with Gasteiger partial charge in [0.25, 0.3) is 0 Å². The fraction of sp³-hybridized carbons (Fsp3) is 0.583. The van der Waals surface area contributed by atoms with Crippen LogP contribution in [0.3, 0.4) is 0 Å². The lowest BCUT2D eigenvalue weighted by Gasteiger charge is -2.26. The van der Waals surface area contributed by atoms with Crippen molar-refractivity contribution in [2.24, 2.45) is 0 Å².